The molecule has 0 saturated carbocycles. The lowest BCUT2D eigenvalue weighted by Gasteiger charge is -2.07. The fourth-order valence-electron chi connectivity index (χ4n) is 3.47. The number of ketones is 1. The van der Waals surface area contributed by atoms with Gasteiger partial charge in [0.05, 0.1) is 12.2 Å². The lowest BCUT2D eigenvalue weighted by Crippen LogP contribution is -2.15. The van der Waals surface area contributed by atoms with Crippen molar-refractivity contribution >= 4 is 34.9 Å². The number of esters is 1. The van der Waals surface area contributed by atoms with Gasteiger partial charge in [-0.3, -0.25) is 9.59 Å². The smallest absolute Gasteiger partial charge is 0.343 e. The molecule has 0 saturated heterocycles. The van der Waals surface area contributed by atoms with E-state index in [2.05, 4.69) is 10.4 Å². The highest BCUT2D eigenvalue weighted by molar-refractivity contribution is 6.32. The lowest BCUT2D eigenvalue weighted by molar-refractivity contribution is 0.0474. The fraction of sp³-hybridized carbons (Fsp3) is 0.111. The third-order valence-electron chi connectivity index (χ3n) is 5.28. The van der Waals surface area contributed by atoms with Crippen LogP contribution in [0, 0.1) is 6.92 Å². The number of aromatic nitrogens is 2. The minimum absolute atomic E-state index is 0.134. The number of carbonyl (C=O) groups excluding carboxylic acids is 3. The molecule has 3 aromatic carbocycles. The molecule has 0 fully saturated rings. The highest BCUT2D eigenvalue weighted by atomic mass is 35.5. The molecule has 7 nitrogen and oxygen atoms in total. The van der Waals surface area contributed by atoms with E-state index in [0.29, 0.717) is 29.1 Å². The predicted octanol–water partition coefficient (Wildman–Crippen LogP) is 5.19. The Bertz CT molecular complexity index is 1350. The fourth-order valence-corrected chi connectivity index (χ4v) is 3.78. The standard InChI is InChI=1S/C27H22ClN3O4/c1-18-24(25(28)31(30-18)16-19-8-4-2-5-9-19)27(34)35-17-23(32)20-12-14-22(15-13-20)29-26(33)21-10-6-3-7-11-21/h2-15H,16-17H2,1H3,(H,29,33). The van der Waals surface area contributed by atoms with Crippen LogP contribution in [0.15, 0.2) is 84.9 Å². The third-order valence-corrected chi connectivity index (χ3v) is 5.66. The number of ether oxygens (including phenoxy) is 1. The zero-order chi connectivity index (χ0) is 24.8. The van der Waals surface area contributed by atoms with Crippen LogP contribution >= 0.6 is 11.6 Å². The van der Waals surface area contributed by atoms with E-state index in [1.54, 1.807) is 55.5 Å². The number of hydrogen-bond donors (Lipinski definition) is 1. The average molecular weight is 488 g/mol. The zero-order valence-electron chi connectivity index (χ0n) is 18.9. The van der Waals surface area contributed by atoms with Gasteiger partial charge in [0.15, 0.2) is 12.4 Å². The molecule has 1 amide bonds. The number of amides is 1. The molecular formula is C27H22ClN3O4. The van der Waals surface area contributed by atoms with Crippen LogP contribution in [-0.2, 0) is 11.3 Å². The Labute approximate surface area is 207 Å². The number of hydrogen-bond acceptors (Lipinski definition) is 5. The summed E-state index contributed by atoms with van der Waals surface area (Å²) in [4.78, 5) is 37.4. The molecule has 1 N–H and O–H groups in total. The number of carbonyl (C=O) groups is 3. The molecule has 0 aliphatic rings. The maximum atomic E-state index is 12.6. The number of halogens is 1. The quantitative estimate of drug-likeness (QED) is 0.273. The SMILES string of the molecule is Cc1nn(Cc2ccccc2)c(Cl)c1C(=O)OCC(=O)c1ccc(NC(=O)c2ccccc2)cc1. The van der Waals surface area contributed by atoms with Gasteiger partial charge in [-0.25, -0.2) is 9.48 Å². The van der Waals surface area contributed by atoms with Crippen molar-refractivity contribution in [2.75, 3.05) is 11.9 Å². The van der Waals surface area contributed by atoms with Gasteiger partial charge in [-0.05, 0) is 48.9 Å². The summed E-state index contributed by atoms with van der Waals surface area (Å²) in [6.07, 6.45) is 0. The van der Waals surface area contributed by atoms with E-state index in [1.165, 1.54) is 4.68 Å². The molecular weight excluding hydrogens is 466 g/mol. The van der Waals surface area contributed by atoms with Gasteiger partial charge in [-0.1, -0.05) is 60.1 Å². The van der Waals surface area contributed by atoms with Crippen molar-refractivity contribution in [1.82, 2.24) is 9.78 Å². The van der Waals surface area contributed by atoms with Crippen LogP contribution in [0.5, 0.6) is 0 Å². The Morgan fingerprint density at radius 3 is 2.17 bits per heavy atom. The van der Waals surface area contributed by atoms with Crippen LogP contribution in [0.3, 0.4) is 0 Å². The highest BCUT2D eigenvalue weighted by Gasteiger charge is 2.23. The molecule has 0 aliphatic heterocycles. The van der Waals surface area contributed by atoms with E-state index in [-0.39, 0.29) is 22.4 Å². The van der Waals surface area contributed by atoms with Crippen molar-refractivity contribution in [2.45, 2.75) is 13.5 Å². The molecule has 4 aromatic rings. The first kappa shape index (κ1) is 23.9. The summed E-state index contributed by atoms with van der Waals surface area (Å²) in [6.45, 7) is 1.61. The second-order valence-corrected chi connectivity index (χ2v) is 8.15. The first-order valence-electron chi connectivity index (χ1n) is 10.9. The molecule has 1 heterocycles. The molecule has 0 aliphatic carbocycles. The normalized spacial score (nSPS) is 10.6. The maximum absolute atomic E-state index is 12.6. The van der Waals surface area contributed by atoms with Gasteiger partial charge in [-0.15, -0.1) is 0 Å². The Hall–Kier alpha value is -4.23. The minimum atomic E-state index is -0.716. The Kier molecular flexibility index (Phi) is 7.38. The largest absolute Gasteiger partial charge is 0.454 e. The summed E-state index contributed by atoms with van der Waals surface area (Å²) in [6, 6.07) is 24.8. The van der Waals surface area contributed by atoms with E-state index in [4.69, 9.17) is 16.3 Å². The van der Waals surface area contributed by atoms with E-state index >= 15 is 0 Å². The molecule has 0 bridgehead atoms. The highest BCUT2D eigenvalue weighted by Crippen LogP contribution is 2.22. The molecule has 176 valence electrons. The van der Waals surface area contributed by atoms with Gasteiger partial charge in [0, 0.05) is 16.8 Å². The lowest BCUT2D eigenvalue weighted by atomic mass is 10.1. The second kappa shape index (κ2) is 10.8. The summed E-state index contributed by atoms with van der Waals surface area (Å²) in [5.41, 5.74) is 2.95. The van der Waals surface area contributed by atoms with Crippen molar-refractivity contribution in [3.63, 3.8) is 0 Å². The first-order chi connectivity index (χ1) is 16.9. The number of benzene rings is 3. The first-order valence-corrected chi connectivity index (χ1v) is 11.2. The van der Waals surface area contributed by atoms with Crippen LogP contribution in [0.4, 0.5) is 5.69 Å². The summed E-state index contributed by atoms with van der Waals surface area (Å²) in [5.74, 6) is -1.35. The van der Waals surface area contributed by atoms with Crippen LogP contribution in [0.25, 0.3) is 0 Å². The van der Waals surface area contributed by atoms with Gasteiger partial charge in [-0.2, -0.15) is 5.10 Å². The molecule has 1 aromatic heterocycles. The van der Waals surface area contributed by atoms with Crippen molar-refractivity contribution in [3.05, 3.63) is 118 Å². The molecule has 8 heteroatoms. The molecule has 35 heavy (non-hydrogen) atoms. The molecule has 0 radical (unpaired) electrons. The van der Waals surface area contributed by atoms with Gasteiger partial charge in [0.2, 0.25) is 0 Å². The Morgan fingerprint density at radius 1 is 0.886 bits per heavy atom. The summed E-state index contributed by atoms with van der Waals surface area (Å²) in [7, 11) is 0. The monoisotopic (exact) mass is 487 g/mol. The van der Waals surface area contributed by atoms with Crippen LogP contribution in [0.2, 0.25) is 5.15 Å². The number of rotatable bonds is 8. The predicted molar refractivity (Wildman–Crippen MR) is 133 cm³/mol. The topological polar surface area (TPSA) is 90.3 Å². The summed E-state index contributed by atoms with van der Waals surface area (Å²) < 4.78 is 6.75. The zero-order valence-corrected chi connectivity index (χ0v) is 19.7. The van der Waals surface area contributed by atoms with Crippen LogP contribution in [0.1, 0.15) is 42.3 Å². The van der Waals surface area contributed by atoms with E-state index in [9.17, 15) is 14.4 Å². The van der Waals surface area contributed by atoms with Crippen molar-refractivity contribution in [1.29, 1.82) is 0 Å². The van der Waals surface area contributed by atoms with E-state index in [0.717, 1.165) is 5.56 Å². The van der Waals surface area contributed by atoms with Gasteiger partial charge >= 0.3 is 5.97 Å². The van der Waals surface area contributed by atoms with Crippen LogP contribution < -0.4 is 5.32 Å². The van der Waals surface area contributed by atoms with Crippen molar-refractivity contribution < 1.29 is 19.1 Å². The second-order valence-electron chi connectivity index (χ2n) is 7.79. The third kappa shape index (κ3) is 5.83. The van der Waals surface area contributed by atoms with Crippen molar-refractivity contribution in [3.8, 4) is 0 Å². The minimum Gasteiger partial charge on any atom is -0.454 e. The Balaban J connectivity index is 1.35. The number of aryl methyl sites for hydroxylation is 1. The molecule has 0 spiro atoms. The maximum Gasteiger partial charge on any atom is 0.343 e. The summed E-state index contributed by atoms with van der Waals surface area (Å²) >= 11 is 6.39. The number of nitrogens with one attached hydrogen (secondary N) is 1. The number of nitrogens with zero attached hydrogens (tertiary/aromatic N) is 2. The number of anilines is 1. The van der Waals surface area contributed by atoms with Gasteiger partial charge in [0.1, 0.15) is 10.7 Å². The van der Waals surface area contributed by atoms with E-state index < -0.39 is 12.6 Å². The van der Waals surface area contributed by atoms with Crippen LogP contribution in [-0.4, -0.2) is 34.0 Å². The van der Waals surface area contributed by atoms with Gasteiger partial charge < -0.3 is 10.1 Å². The van der Waals surface area contributed by atoms with E-state index in [1.807, 2.05) is 36.4 Å². The number of Topliss-reactive ketones (excluding diaryl/α,β-unsaturated/α-hetero) is 1. The van der Waals surface area contributed by atoms with Gasteiger partial charge in [0.25, 0.3) is 5.91 Å². The molecule has 4 rings (SSSR count). The Morgan fingerprint density at radius 2 is 1.51 bits per heavy atom. The molecule has 0 atom stereocenters. The summed E-state index contributed by atoms with van der Waals surface area (Å²) in [5, 5.41) is 7.25. The average Bonchev–Trinajstić information content (AvgIpc) is 3.16. The van der Waals surface area contributed by atoms with Crippen molar-refractivity contribution in [2.24, 2.45) is 0 Å². The molecule has 0 unspecified atom stereocenters.